The van der Waals surface area contributed by atoms with E-state index in [2.05, 4.69) is 60.8 Å². The van der Waals surface area contributed by atoms with Crippen LogP contribution in [0.4, 0.5) is 11.4 Å². The second-order valence-electron chi connectivity index (χ2n) is 6.25. The lowest BCUT2D eigenvalue weighted by Gasteiger charge is -2.43. The van der Waals surface area contributed by atoms with Crippen molar-refractivity contribution in [2.24, 2.45) is 0 Å². The molecule has 2 heterocycles. The molecule has 0 saturated carbocycles. The molecular formula is C16H25N3. The highest BCUT2D eigenvalue weighted by Crippen LogP contribution is 2.32. The summed E-state index contributed by atoms with van der Waals surface area (Å²) in [6, 6.07) is 8.25. The van der Waals surface area contributed by atoms with E-state index in [0.717, 1.165) is 19.6 Å². The second-order valence-corrected chi connectivity index (χ2v) is 6.25. The molecule has 0 bridgehead atoms. The van der Waals surface area contributed by atoms with E-state index >= 15 is 0 Å². The van der Waals surface area contributed by atoms with Gasteiger partial charge in [0.15, 0.2) is 0 Å². The number of rotatable bonds is 1. The van der Waals surface area contributed by atoms with E-state index in [1.54, 1.807) is 0 Å². The predicted molar refractivity (Wildman–Crippen MR) is 82.3 cm³/mol. The van der Waals surface area contributed by atoms with Crippen LogP contribution in [0.2, 0.25) is 0 Å². The van der Waals surface area contributed by atoms with Gasteiger partial charge >= 0.3 is 0 Å². The highest BCUT2D eigenvalue weighted by atomic mass is 15.3. The first-order valence-corrected chi connectivity index (χ1v) is 7.37. The lowest BCUT2D eigenvalue weighted by Crippen LogP contribution is -2.55. The molecule has 0 spiro atoms. The summed E-state index contributed by atoms with van der Waals surface area (Å²) in [5, 5.41) is 0. The largest absolute Gasteiger partial charge is 0.374 e. The molecule has 0 aromatic heterocycles. The molecule has 3 heteroatoms. The quantitative estimate of drug-likeness (QED) is 0.765. The van der Waals surface area contributed by atoms with E-state index in [0.29, 0.717) is 12.1 Å². The summed E-state index contributed by atoms with van der Waals surface area (Å²) < 4.78 is 0. The SMILES string of the molecule is CC1CN(c2ccc3c(c2)N(C)CC3)CC(C)N1C. The van der Waals surface area contributed by atoms with Crippen molar-refractivity contribution in [1.82, 2.24) is 4.90 Å². The Labute approximate surface area is 116 Å². The van der Waals surface area contributed by atoms with E-state index in [1.807, 2.05) is 0 Å². The summed E-state index contributed by atoms with van der Waals surface area (Å²) in [6.07, 6.45) is 1.20. The van der Waals surface area contributed by atoms with E-state index < -0.39 is 0 Å². The lowest BCUT2D eigenvalue weighted by atomic mass is 10.1. The van der Waals surface area contributed by atoms with Crippen LogP contribution in [0, 0.1) is 0 Å². The summed E-state index contributed by atoms with van der Waals surface area (Å²) in [7, 11) is 4.44. The molecule has 3 rings (SSSR count). The molecular weight excluding hydrogens is 234 g/mol. The van der Waals surface area contributed by atoms with Crippen LogP contribution in [0.3, 0.4) is 0 Å². The zero-order valence-electron chi connectivity index (χ0n) is 12.6. The molecule has 2 aliphatic heterocycles. The Hall–Kier alpha value is -1.22. The van der Waals surface area contributed by atoms with Crippen molar-refractivity contribution >= 4 is 11.4 Å². The topological polar surface area (TPSA) is 9.72 Å². The number of hydrogen-bond acceptors (Lipinski definition) is 3. The van der Waals surface area contributed by atoms with Gasteiger partial charge in [-0.2, -0.15) is 0 Å². The van der Waals surface area contributed by atoms with Crippen LogP contribution >= 0.6 is 0 Å². The number of nitrogens with zero attached hydrogens (tertiary/aromatic N) is 3. The summed E-state index contributed by atoms with van der Waals surface area (Å²) in [5.41, 5.74) is 4.32. The molecule has 1 fully saturated rings. The number of likely N-dealkylation sites (N-methyl/N-ethyl adjacent to an activating group) is 2. The van der Waals surface area contributed by atoms with Crippen molar-refractivity contribution < 1.29 is 0 Å². The van der Waals surface area contributed by atoms with Gasteiger partial charge in [0.05, 0.1) is 0 Å². The highest BCUT2D eigenvalue weighted by Gasteiger charge is 2.27. The maximum absolute atomic E-state index is 2.54. The van der Waals surface area contributed by atoms with Crippen LogP contribution in [0.1, 0.15) is 19.4 Å². The van der Waals surface area contributed by atoms with Crippen LogP contribution < -0.4 is 9.80 Å². The molecule has 0 aliphatic carbocycles. The average Bonchev–Trinajstić information content (AvgIpc) is 2.77. The molecule has 0 radical (unpaired) electrons. The molecule has 1 saturated heterocycles. The number of anilines is 2. The molecule has 0 amide bonds. The summed E-state index contributed by atoms with van der Waals surface area (Å²) in [4.78, 5) is 7.40. The fraction of sp³-hybridized carbons (Fsp3) is 0.625. The smallest absolute Gasteiger partial charge is 0.0417 e. The molecule has 19 heavy (non-hydrogen) atoms. The van der Waals surface area contributed by atoms with Gasteiger partial charge in [0.2, 0.25) is 0 Å². The zero-order valence-corrected chi connectivity index (χ0v) is 12.6. The standard InChI is InChI=1S/C16H25N3/c1-12-10-19(11-13(2)18(12)4)15-6-5-14-7-8-17(3)16(14)9-15/h5-6,9,12-13H,7-8,10-11H2,1-4H3. The maximum Gasteiger partial charge on any atom is 0.0417 e. The summed E-state index contributed by atoms with van der Waals surface area (Å²) in [5.74, 6) is 0. The van der Waals surface area contributed by atoms with Crippen molar-refractivity contribution in [3.05, 3.63) is 23.8 Å². The molecule has 2 aliphatic rings. The normalized spacial score (nSPS) is 27.8. The van der Waals surface area contributed by atoms with Gasteiger partial charge in [-0.25, -0.2) is 0 Å². The van der Waals surface area contributed by atoms with Gasteiger partial charge in [-0.3, -0.25) is 4.90 Å². The van der Waals surface area contributed by atoms with Crippen LogP contribution in [-0.4, -0.2) is 50.7 Å². The number of piperazine rings is 1. The highest BCUT2D eigenvalue weighted by molar-refractivity contribution is 5.66. The van der Waals surface area contributed by atoms with Gasteiger partial charge in [-0.15, -0.1) is 0 Å². The van der Waals surface area contributed by atoms with Gasteiger partial charge in [-0.1, -0.05) is 6.07 Å². The second kappa shape index (κ2) is 4.71. The fourth-order valence-electron chi connectivity index (χ4n) is 3.34. The van der Waals surface area contributed by atoms with Gasteiger partial charge < -0.3 is 9.80 Å². The molecule has 1 aromatic rings. The monoisotopic (exact) mass is 259 g/mol. The van der Waals surface area contributed by atoms with Crippen LogP contribution in [0.25, 0.3) is 0 Å². The van der Waals surface area contributed by atoms with Gasteiger partial charge in [0, 0.05) is 50.1 Å². The van der Waals surface area contributed by atoms with Crippen LogP contribution in [0.5, 0.6) is 0 Å². The van der Waals surface area contributed by atoms with Gasteiger partial charge in [0.25, 0.3) is 0 Å². The molecule has 0 N–H and O–H groups in total. The van der Waals surface area contributed by atoms with Crippen molar-refractivity contribution in [3.8, 4) is 0 Å². The predicted octanol–water partition coefficient (Wildman–Crippen LogP) is 2.21. The van der Waals surface area contributed by atoms with Crippen molar-refractivity contribution in [1.29, 1.82) is 0 Å². The van der Waals surface area contributed by atoms with Gasteiger partial charge in [-0.05, 0) is 45.0 Å². The zero-order chi connectivity index (χ0) is 13.6. The third-order valence-electron chi connectivity index (χ3n) is 4.92. The number of hydrogen-bond donors (Lipinski definition) is 0. The molecule has 2 unspecified atom stereocenters. The third-order valence-corrected chi connectivity index (χ3v) is 4.92. The minimum atomic E-state index is 0.620. The Morgan fingerprint density at radius 3 is 2.42 bits per heavy atom. The van der Waals surface area contributed by atoms with Crippen LogP contribution in [-0.2, 0) is 6.42 Å². The van der Waals surface area contributed by atoms with Crippen molar-refractivity contribution in [3.63, 3.8) is 0 Å². The van der Waals surface area contributed by atoms with E-state index in [1.165, 1.54) is 23.4 Å². The van der Waals surface area contributed by atoms with E-state index in [9.17, 15) is 0 Å². The Balaban J connectivity index is 1.85. The Morgan fingerprint density at radius 2 is 1.74 bits per heavy atom. The van der Waals surface area contributed by atoms with Crippen LogP contribution in [0.15, 0.2) is 18.2 Å². The number of fused-ring (bicyclic) bond motifs is 1. The Morgan fingerprint density at radius 1 is 1.05 bits per heavy atom. The number of benzene rings is 1. The van der Waals surface area contributed by atoms with Crippen molar-refractivity contribution in [2.45, 2.75) is 32.4 Å². The third kappa shape index (κ3) is 2.20. The summed E-state index contributed by atoms with van der Waals surface area (Å²) >= 11 is 0. The van der Waals surface area contributed by atoms with Crippen molar-refractivity contribution in [2.75, 3.05) is 43.5 Å². The fourth-order valence-corrected chi connectivity index (χ4v) is 3.34. The minimum absolute atomic E-state index is 0.620. The lowest BCUT2D eigenvalue weighted by molar-refractivity contribution is 0.170. The average molecular weight is 259 g/mol. The van der Waals surface area contributed by atoms with Gasteiger partial charge in [0.1, 0.15) is 0 Å². The van der Waals surface area contributed by atoms with E-state index in [-0.39, 0.29) is 0 Å². The first kappa shape index (κ1) is 12.8. The molecule has 104 valence electrons. The molecule has 2 atom stereocenters. The van der Waals surface area contributed by atoms with E-state index in [4.69, 9.17) is 0 Å². The first-order chi connectivity index (χ1) is 9.06. The molecule has 1 aromatic carbocycles. The Bertz CT molecular complexity index is 459. The Kier molecular flexibility index (Phi) is 3.17. The summed E-state index contributed by atoms with van der Waals surface area (Å²) in [6.45, 7) is 8.06. The minimum Gasteiger partial charge on any atom is -0.374 e. The first-order valence-electron chi connectivity index (χ1n) is 7.37. The maximum atomic E-state index is 2.54. The molecule has 3 nitrogen and oxygen atoms in total.